The van der Waals surface area contributed by atoms with Gasteiger partial charge >= 0.3 is 5.97 Å². The average molecular weight is 413 g/mol. The van der Waals surface area contributed by atoms with Gasteiger partial charge in [0.1, 0.15) is 11.6 Å². The molecule has 0 fully saturated rings. The summed E-state index contributed by atoms with van der Waals surface area (Å²) in [7, 11) is 0. The van der Waals surface area contributed by atoms with Crippen LogP contribution in [0.25, 0.3) is 4.85 Å². The van der Waals surface area contributed by atoms with Crippen LogP contribution in [-0.4, -0.2) is 23.4 Å². The molecule has 7 heteroatoms. The van der Waals surface area contributed by atoms with E-state index in [4.69, 9.17) is 16.4 Å². The Morgan fingerprint density at radius 2 is 1.87 bits per heavy atom. The fraction of sp³-hybridized carbons (Fsp3) is 0.125. The Morgan fingerprint density at radius 1 is 1.13 bits per heavy atom. The second-order valence-corrected chi connectivity index (χ2v) is 7.39. The number of ether oxygens (including phenoxy) is 1. The van der Waals surface area contributed by atoms with Crippen LogP contribution in [0.15, 0.2) is 71.8 Å². The number of aromatic carboxylic acids is 1. The molecule has 2 unspecified atom stereocenters. The van der Waals surface area contributed by atoms with Crippen LogP contribution < -0.4 is 9.75 Å². The molecule has 6 nitrogen and oxygen atoms in total. The zero-order chi connectivity index (χ0) is 21.5. The van der Waals surface area contributed by atoms with Crippen LogP contribution >= 0.6 is 0 Å². The Morgan fingerprint density at radius 3 is 2.55 bits per heavy atom. The summed E-state index contributed by atoms with van der Waals surface area (Å²) in [4.78, 5) is 14.8. The third-order valence-corrected chi connectivity index (χ3v) is 5.59. The maximum absolute atomic E-state index is 13.6. The maximum Gasteiger partial charge on any atom is 0.335 e. The van der Waals surface area contributed by atoms with Gasteiger partial charge in [0.15, 0.2) is 5.69 Å². The van der Waals surface area contributed by atoms with E-state index in [1.165, 1.54) is 24.3 Å². The van der Waals surface area contributed by atoms with Crippen LogP contribution in [0.4, 0.5) is 15.8 Å². The Labute approximate surface area is 177 Å². The van der Waals surface area contributed by atoms with Crippen molar-refractivity contribution in [2.24, 2.45) is 11.0 Å². The van der Waals surface area contributed by atoms with E-state index in [0.29, 0.717) is 18.0 Å². The van der Waals surface area contributed by atoms with Crippen molar-refractivity contribution in [1.29, 1.82) is 0 Å². The van der Waals surface area contributed by atoms with Crippen molar-refractivity contribution < 1.29 is 19.0 Å². The number of nitrogens with zero attached hydrogens (tertiary/aromatic N) is 3. The fourth-order valence-electron chi connectivity index (χ4n) is 4.09. The lowest BCUT2D eigenvalue weighted by atomic mass is 9.85. The summed E-state index contributed by atoms with van der Waals surface area (Å²) in [5.74, 6) is -0.984. The number of halogens is 1. The summed E-state index contributed by atoms with van der Waals surface area (Å²) < 4.78 is 19.5. The molecule has 0 saturated heterocycles. The lowest BCUT2D eigenvalue weighted by molar-refractivity contribution is 0.0696. The number of hydrogen-bond acceptors (Lipinski definition) is 4. The highest BCUT2D eigenvalue weighted by atomic mass is 19.1. The molecule has 0 saturated carbocycles. The number of anilines is 1. The summed E-state index contributed by atoms with van der Waals surface area (Å²) in [6, 6.07) is 18.0. The van der Waals surface area contributed by atoms with Gasteiger partial charge in [-0.15, -0.1) is 0 Å². The molecular formula is C24H16FN3O3. The SMILES string of the molecule is [C-]#[N+]c1ccc(N2N=C3c4ccc(C(=O)O)cc4OCC3C2c2ccc(F)cc2)cc1. The molecule has 3 aromatic carbocycles. The van der Waals surface area contributed by atoms with Gasteiger partial charge in [0.25, 0.3) is 0 Å². The van der Waals surface area contributed by atoms with Crippen LogP contribution in [-0.2, 0) is 0 Å². The van der Waals surface area contributed by atoms with Gasteiger partial charge < -0.3 is 9.84 Å². The van der Waals surface area contributed by atoms with Gasteiger partial charge in [0.05, 0.1) is 42.1 Å². The number of hydrazone groups is 1. The number of rotatable bonds is 3. The molecule has 0 amide bonds. The number of fused-ring (bicyclic) bond motifs is 3. The summed E-state index contributed by atoms with van der Waals surface area (Å²) in [5, 5.41) is 16.0. The van der Waals surface area contributed by atoms with Crippen molar-refractivity contribution in [3.05, 3.63) is 101 Å². The second-order valence-electron chi connectivity index (χ2n) is 7.39. The van der Waals surface area contributed by atoms with Crippen molar-refractivity contribution in [2.75, 3.05) is 11.6 Å². The summed E-state index contributed by atoms with van der Waals surface area (Å²) in [6.45, 7) is 7.48. The fourth-order valence-corrected chi connectivity index (χ4v) is 4.09. The molecule has 3 aromatic rings. The lowest BCUT2D eigenvalue weighted by Crippen LogP contribution is -2.33. The minimum absolute atomic E-state index is 0.130. The van der Waals surface area contributed by atoms with E-state index >= 15 is 0 Å². The van der Waals surface area contributed by atoms with Gasteiger partial charge in [-0.1, -0.05) is 24.3 Å². The quantitative estimate of drug-likeness (QED) is 0.611. The number of benzene rings is 3. The molecular weight excluding hydrogens is 397 g/mol. The van der Waals surface area contributed by atoms with Crippen molar-refractivity contribution in [3.8, 4) is 5.75 Å². The summed E-state index contributed by atoms with van der Waals surface area (Å²) >= 11 is 0. The predicted molar refractivity (Wildman–Crippen MR) is 113 cm³/mol. The minimum atomic E-state index is -1.02. The van der Waals surface area contributed by atoms with E-state index in [1.54, 1.807) is 30.3 Å². The van der Waals surface area contributed by atoms with Crippen LogP contribution in [0.5, 0.6) is 5.75 Å². The largest absolute Gasteiger partial charge is 0.492 e. The third-order valence-electron chi connectivity index (χ3n) is 5.59. The average Bonchev–Trinajstić information content (AvgIpc) is 3.19. The van der Waals surface area contributed by atoms with Crippen LogP contribution in [0.1, 0.15) is 27.5 Å². The molecule has 0 spiro atoms. The molecule has 1 N–H and O–H groups in total. The van der Waals surface area contributed by atoms with E-state index in [9.17, 15) is 14.3 Å². The second kappa shape index (κ2) is 7.26. The third kappa shape index (κ3) is 3.19. The van der Waals surface area contributed by atoms with E-state index in [0.717, 1.165) is 22.5 Å². The van der Waals surface area contributed by atoms with Gasteiger partial charge in [-0.05, 0) is 48.0 Å². The smallest absolute Gasteiger partial charge is 0.335 e. The van der Waals surface area contributed by atoms with E-state index in [1.807, 2.05) is 17.1 Å². The van der Waals surface area contributed by atoms with Gasteiger partial charge in [-0.25, -0.2) is 14.0 Å². The minimum Gasteiger partial charge on any atom is -0.492 e. The highest BCUT2D eigenvalue weighted by Crippen LogP contribution is 2.44. The maximum atomic E-state index is 13.6. The van der Waals surface area contributed by atoms with Crippen molar-refractivity contribution in [2.45, 2.75) is 6.04 Å². The Hall–Kier alpha value is -4.18. The van der Waals surface area contributed by atoms with Crippen LogP contribution in [0.3, 0.4) is 0 Å². The molecule has 2 aliphatic rings. The van der Waals surface area contributed by atoms with Gasteiger partial charge in [-0.3, -0.25) is 5.01 Å². The summed E-state index contributed by atoms with van der Waals surface area (Å²) in [5.41, 5.74) is 3.90. The monoisotopic (exact) mass is 413 g/mol. The molecule has 0 bridgehead atoms. The first-order chi connectivity index (χ1) is 15.0. The van der Waals surface area contributed by atoms with Crippen molar-refractivity contribution in [1.82, 2.24) is 0 Å². The Kier molecular flexibility index (Phi) is 4.41. The van der Waals surface area contributed by atoms with Crippen LogP contribution in [0, 0.1) is 18.3 Å². The number of carboxylic acids is 1. The molecule has 0 radical (unpaired) electrons. The number of carbonyl (C=O) groups is 1. The van der Waals surface area contributed by atoms with Crippen LogP contribution in [0.2, 0.25) is 0 Å². The number of hydrogen-bond donors (Lipinski definition) is 1. The highest BCUT2D eigenvalue weighted by Gasteiger charge is 2.43. The number of carboxylic acid groups (broad SMARTS) is 1. The molecule has 31 heavy (non-hydrogen) atoms. The Balaban J connectivity index is 1.62. The van der Waals surface area contributed by atoms with Crippen molar-refractivity contribution >= 4 is 23.1 Å². The van der Waals surface area contributed by atoms with E-state index in [-0.39, 0.29) is 23.3 Å². The van der Waals surface area contributed by atoms with E-state index < -0.39 is 5.97 Å². The molecule has 5 rings (SSSR count). The first-order valence-corrected chi connectivity index (χ1v) is 9.66. The highest BCUT2D eigenvalue weighted by molar-refractivity contribution is 6.08. The molecule has 152 valence electrons. The first-order valence-electron chi connectivity index (χ1n) is 9.66. The molecule has 2 heterocycles. The topological polar surface area (TPSA) is 66.5 Å². The van der Waals surface area contributed by atoms with Gasteiger partial charge in [-0.2, -0.15) is 5.10 Å². The normalized spacial score (nSPS) is 19.0. The lowest BCUT2D eigenvalue weighted by Gasteiger charge is -2.30. The first kappa shape index (κ1) is 18.8. The zero-order valence-electron chi connectivity index (χ0n) is 16.2. The van der Waals surface area contributed by atoms with E-state index in [2.05, 4.69) is 4.85 Å². The van der Waals surface area contributed by atoms with Crippen molar-refractivity contribution in [3.63, 3.8) is 0 Å². The summed E-state index contributed by atoms with van der Waals surface area (Å²) in [6.07, 6.45) is 0. The zero-order valence-corrected chi connectivity index (χ0v) is 16.2. The predicted octanol–water partition coefficient (Wildman–Crippen LogP) is 5.05. The Bertz CT molecular complexity index is 1250. The van der Waals surface area contributed by atoms with Gasteiger partial charge in [0, 0.05) is 5.56 Å². The molecule has 0 aromatic heterocycles. The molecule has 0 aliphatic carbocycles. The standard InChI is InChI=1S/C24H16FN3O3/c1-26-17-7-9-18(10-8-17)28-23(14-2-5-16(25)6-3-14)20-13-31-21-12-15(24(29)30)4-11-19(21)22(20)27-28/h2-12,20,23H,13H2,(H,29,30). The molecule has 2 atom stereocenters. The molecule has 2 aliphatic heterocycles. The van der Waals surface area contributed by atoms with Gasteiger partial charge in [0.2, 0.25) is 0 Å².